The number of urea groups is 1. The highest BCUT2D eigenvalue weighted by Gasteiger charge is 2.27. The van der Waals surface area contributed by atoms with Crippen LogP contribution in [0.15, 0.2) is 24.3 Å². The molecule has 0 spiro atoms. The molecule has 0 aromatic heterocycles. The van der Waals surface area contributed by atoms with Crippen LogP contribution in [0.4, 0.5) is 10.5 Å². The lowest BCUT2D eigenvalue weighted by Gasteiger charge is -2.34. The lowest BCUT2D eigenvalue weighted by molar-refractivity contribution is 0.179. The molecular weight excluding hydrogens is 274 g/mol. The van der Waals surface area contributed by atoms with Crippen LogP contribution in [0.2, 0.25) is 0 Å². The molecule has 1 fully saturated rings. The first-order chi connectivity index (χ1) is 10.6. The third kappa shape index (κ3) is 3.43. The molecule has 22 heavy (non-hydrogen) atoms. The van der Waals surface area contributed by atoms with Gasteiger partial charge in [0.05, 0.1) is 0 Å². The fraction of sp³-hybridized carbons (Fsp3) is 0.611. The topological polar surface area (TPSA) is 35.6 Å². The van der Waals surface area contributed by atoms with Crippen molar-refractivity contribution in [3.05, 3.63) is 29.8 Å². The molecule has 1 aromatic carbocycles. The smallest absolute Gasteiger partial charge is 0.322 e. The zero-order chi connectivity index (χ0) is 15.5. The Labute approximate surface area is 133 Å². The second kappa shape index (κ2) is 6.69. The Morgan fingerprint density at radius 2 is 1.95 bits per heavy atom. The minimum Gasteiger partial charge on any atom is -0.335 e. The molecular formula is C18H27N3O. The average molecular weight is 301 g/mol. The number of anilines is 1. The van der Waals surface area contributed by atoms with E-state index in [9.17, 15) is 4.79 Å². The Hall–Kier alpha value is -1.55. The molecule has 1 N–H and O–H groups in total. The highest BCUT2D eigenvalue weighted by atomic mass is 16.2. The van der Waals surface area contributed by atoms with Gasteiger partial charge in [0.15, 0.2) is 0 Å². The number of rotatable bonds is 3. The lowest BCUT2D eigenvalue weighted by Crippen LogP contribution is -2.49. The molecule has 0 saturated carbocycles. The highest BCUT2D eigenvalue weighted by Crippen LogP contribution is 2.27. The Bertz CT molecular complexity index is 521. The van der Waals surface area contributed by atoms with Gasteiger partial charge in [0.2, 0.25) is 0 Å². The number of amides is 2. The molecule has 2 aliphatic rings. The minimum absolute atomic E-state index is 0.0762. The van der Waals surface area contributed by atoms with Crippen molar-refractivity contribution in [3.8, 4) is 0 Å². The van der Waals surface area contributed by atoms with E-state index < -0.39 is 0 Å². The van der Waals surface area contributed by atoms with Gasteiger partial charge in [-0.25, -0.2) is 4.79 Å². The van der Waals surface area contributed by atoms with Gasteiger partial charge < -0.3 is 10.2 Å². The van der Waals surface area contributed by atoms with Gasteiger partial charge in [0, 0.05) is 37.9 Å². The number of hydrogen-bond donors (Lipinski definition) is 1. The number of fused-ring (bicyclic) bond motifs is 1. The third-order valence-electron chi connectivity index (χ3n) is 4.67. The quantitative estimate of drug-likeness (QED) is 0.932. The zero-order valence-electron chi connectivity index (χ0n) is 13.7. The van der Waals surface area contributed by atoms with Crippen LogP contribution in [0.1, 0.15) is 32.3 Å². The van der Waals surface area contributed by atoms with Gasteiger partial charge in [-0.15, -0.1) is 0 Å². The SMILES string of the molecule is CC(C)CN1CCC(NC(=O)N2CCc3ccccc32)CC1. The summed E-state index contributed by atoms with van der Waals surface area (Å²) in [4.78, 5) is 16.9. The third-order valence-corrected chi connectivity index (χ3v) is 4.67. The van der Waals surface area contributed by atoms with E-state index >= 15 is 0 Å². The minimum atomic E-state index is 0.0762. The summed E-state index contributed by atoms with van der Waals surface area (Å²) in [6.45, 7) is 8.69. The van der Waals surface area contributed by atoms with Crippen molar-refractivity contribution in [3.63, 3.8) is 0 Å². The van der Waals surface area contributed by atoms with Crippen LogP contribution >= 0.6 is 0 Å². The highest BCUT2D eigenvalue weighted by molar-refractivity contribution is 5.94. The zero-order valence-corrected chi connectivity index (χ0v) is 13.7. The summed E-state index contributed by atoms with van der Waals surface area (Å²) < 4.78 is 0. The van der Waals surface area contributed by atoms with Crippen molar-refractivity contribution in [1.82, 2.24) is 10.2 Å². The van der Waals surface area contributed by atoms with E-state index in [1.165, 1.54) is 12.1 Å². The normalized spacial score (nSPS) is 19.5. The van der Waals surface area contributed by atoms with E-state index in [0.717, 1.165) is 44.6 Å². The van der Waals surface area contributed by atoms with Crippen LogP contribution in [0.25, 0.3) is 0 Å². The maximum Gasteiger partial charge on any atom is 0.322 e. The van der Waals surface area contributed by atoms with Crippen LogP contribution in [0.3, 0.4) is 0 Å². The van der Waals surface area contributed by atoms with Gasteiger partial charge in [-0.3, -0.25) is 4.90 Å². The fourth-order valence-corrected chi connectivity index (χ4v) is 3.58. The van der Waals surface area contributed by atoms with Crippen molar-refractivity contribution in [1.29, 1.82) is 0 Å². The molecule has 0 radical (unpaired) electrons. The second-order valence-corrected chi connectivity index (χ2v) is 6.95. The van der Waals surface area contributed by atoms with Crippen LogP contribution in [0, 0.1) is 5.92 Å². The van der Waals surface area contributed by atoms with Crippen molar-refractivity contribution < 1.29 is 4.79 Å². The monoisotopic (exact) mass is 301 g/mol. The molecule has 0 aliphatic carbocycles. The number of hydrogen-bond acceptors (Lipinski definition) is 2. The van der Waals surface area contributed by atoms with Crippen LogP contribution < -0.4 is 10.2 Å². The molecule has 0 unspecified atom stereocenters. The van der Waals surface area contributed by atoms with Gasteiger partial charge in [-0.05, 0) is 36.8 Å². The Morgan fingerprint density at radius 3 is 2.68 bits per heavy atom. The van der Waals surface area contributed by atoms with Crippen LogP contribution in [-0.4, -0.2) is 43.2 Å². The summed E-state index contributed by atoms with van der Waals surface area (Å²) in [7, 11) is 0. The molecule has 4 heteroatoms. The summed E-state index contributed by atoms with van der Waals surface area (Å²) in [5.41, 5.74) is 2.36. The predicted octanol–water partition coefficient (Wildman–Crippen LogP) is 2.88. The summed E-state index contributed by atoms with van der Waals surface area (Å²) in [6, 6.07) is 8.62. The fourth-order valence-electron chi connectivity index (χ4n) is 3.58. The largest absolute Gasteiger partial charge is 0.335 e. The molecule has 1 saturated heterocycles. The molecule has 2 aliphatic heterocycles. The van der Waals surface area contributed by atoms with Gasteiger partial charge in [0.1, 0.15) is 0 Å². The molecule has 0 atom stereocenters. The maximum absolute atomic E-state index is 12.5. The standard InChI is InChI=1S/C18H27N3O/c1-14(2)13-20-10-8-16(9-11-20)19-18(22)21-12-7-15-5-3-4-6-17(15)21/h3-6,14,16H,7-13H2,1-2H3,(H,19,22). The first kappa shape index (κ1) is 15.3. The number of carbonyl (C=O) groups excluding carboxylic acids is 1. The van der Waals surface area contributed by atoms with Crippen LogP contribution in [0.5, 0.6) is 0 Å². The summed E-state index contributed by atoms with van der Waals surface area (Å²) in [5, 5.41) is 3.24. The van der Waals surface area contributed by atoms with E-state index in [2.05, 4.69) is 30.1 Å². The van der Waals surface area contributed by atoms with Gasteiger partial charge in [-0.2, -0.15) is 0 Å². The molecule has 2 heterocycles. The lowest BCUT2D eigenvalue weighted by atomic mass is 10.0. The van der Waals surface area contributed by atoms with E-state index in [1.807, 2.05) is 23.1 Å². The molecule has 0 bridgehead atoms. The number of benzene rings is 1. The van der Waals surface area contributed by atoms with E-state index in [-0.39, 0.29) is 6.03 Å². The number of carbonyl (C=O) groups is 1. The van der Waals surface area contributed by atoms with Crippen molar-refractivity contribution in [2.24, 2.45) is 5.92 Å². The number of nitrogens with one attached hydrogen (secondary N) is 1. The van der Waals surface area contributed by atoms with Crippen LogP contribution in [-0.2, 0) is 6.42 Å². The maximum atomic E-state index is 12.5. The average Bonchev–Trinajstić information content (AvgIpc) is 2.93. The first-order valence-corrected chi connectivity index (χ1v) is 8.52. The number of para-hydroxylation sites is 1. The van der Waals surface area contributed by atoms with Gasteiger partial charge in [-0.1, -0.05) is 32.0 Å². The summed E-state index contributed by atoms with van der Waals surface area (Å²) in [5.74, 6) is 0.715. The Kier molecular flexibility index (Phi) is 4.67. The first-order valence-electron chi connectivity index (χ1n) is 8.52. The van der Waals surface area contributed by atoms with E-state index in [4.69, 9.17) is 0 Å². The summed E-state index contributed by atoms with van der Waals surface area (Å²) in [6.07, 6.45) is 3.10. The van der Waals surface area contributed by atoms with Crippen molar-refractivity contribution in [2.45, 2.75) is 39.2 Å². The number of nitrogens with zero attached hydrogens (tertiary/aromatic N) is 2. The van der Waals surface area contributed by atoms with Gasteiger partial charge in [0.25, 0.3) is 0 Å². The molecule has 3 rings (SSSR count). The number of piperidine rings is 1. The van der Waals surface area contributed by atoms with Crippen molar-refractivity contribution in [2.75, 3.05) is 31.1 Å². The van der Waals surface area contributed by atoms with Gasteiger partial charge >= 0.3 is 6.03 Å². The molecule has 1 aromatic rings. The molecule has 120 valence electrons. The second-order valence-electron chi connectivity index (χ2n) is 6.95. The Balaban J connectivity index is 1.52. The van der Waals surface area contributed by atoms with E-state index in [1.54, 1.807) is 0 Å². The van der Waals surface area contributed by atoms with Crippen molar-refractivity contribution >= 4 is 11.7 Å². The van der Waals surface area contributed by atoms with E-state index in [0.29, 0.717) is 12.0 Å². The predicted molar refractivity (Wildman–Crippen MR) is 90.3 cm³/mol. The number of likely N-dealkylation sites (tertiary alicyclic amines) is 1. The molecule has 4 nitrogen and oxygen atoms in total. The summed E-state index contributed by atoms with van der Waals surface area (Å²) >= 11 is 0. The Morgan fingerprint density at radius 1 is 1.23 bits per heavy atom. The molecule has 2 amide bonds.